The van der Waals surface area contributed by atoms with Crippen LogP contribution in [0.1, 0.15) is 11.3 Å². The van der Waals surface area contributed by atoms with Gasteiger partial charge in [0.2, 0.25) is 0 Å². The Labute approximate surface area is 124 Å². The molecular weight excluding hydrogens is 326 g/mol. The molecule has 0 saturated heterocycles. The van der Waals surface area contributed by atoms with E-state index in [1.807, 2.05) is 37.3 Å². The summed E-state index contributed by atoms with van der Waals surface area (Å²) in [4.78, 5) is 0. The van der Waals surface area contributed by atoms with E-state index in [1.54, 1.807) is 0 Å². The van der Waals surface area contributed by atoms with Crippen LogP contribution >= 0.6 is 28.1 Å². The number of hydrazone groups is 1. The van der Waals surface area contributed by atoms with Gasteiger partial charge in [-0.05, 0) is 42.9 Å². The highest BCUT2D eigenvalue weighted by Crippen LogP contribution is 2.26. The molecule has 0 atom stereocenters. The van der Waals surface area contributed by atoms with Gasteiger partial charge in [0, 0.05) is 10.0 Å². The number of nitrogens with zero attached hydrogens (tertiary/aromatic N) is 1. The first-order valence-electron chi connectivity index (χ1n) is 5.51. The zero-order valence-electron chi connectivity index (χ0n) is 10.2. The van der Waals surface area contributed by atoms with Crippen molar-refractivity contribution in [3.63, 3.8) is 0 Å². The van der Waals surface area contributed by atoms with E-state index < -0.39 is 0 Å². The third-order valence-corrected chi connectivity index (χ3v) is 3.40. The van der Waals surface area contributed by atoms with Gasteiger partial charge in [0.05, 0.1) is 6.21 Å². The smallest absolute Gasteiger partial charge is 0.184 e. The van der Waals surface area contributed by atoms with E-state index in [0.29, 0.717) is 5.76 Å². The zero-order chi connectivity index (χ0) is 13.8. The third kappa shape index (κ3) is 3.65. The van der Waals surface area contributed by atoms with Crippen LogP contribution in [0.2, 0.25) is 0 Å². The van der Waals surface area contributed by atoms with Crippen molar-refractivity contribution in [1.82, 2.24) is 5.43 Å². The van der Waals surface area contributed by atoms with Crippen LogP contribution in [0.15, 0.2) is 44.3 Å². The van der Waals surface area contributed by atoms with Gasteiger partial charge in [0.1, 0.15) is 11.5 Å². The summed E-state index contributed by atoms with van der Waals surface area (Å²) in [6.45, 7) is 2.04. The molecule has 0 unspecified atom stereocenters. The Morgan fingerprint density at radius 1 is 1.42 bits per heavy atom. The molecule has 4 nitrogen and oxygen atoms in total. The van der Waals surface area contributed by atoms with E-state index >= 15 is 0 Å². The summed E-state index contributed by atoms with van der Waals surface area (Å²) in [6, 6.07) is 9.77. The van der Waals surface area contributed by atoms with E-state index in [1.165, 1.54) is 11.8 Å². The van der Waals surface area contributed by atoms with Crippen LogP contribution < -0.4 is 11.2 Å². The molecule has 0 amide bonds. The molecule has 6 heteroatoms. The average Bonchev–Trinajstić information content (AvgIpc) is 2.81. The lowest BCUT2D eigenvalue weighted by molar-refractivity contribution is 0.574. The maximum absolute atomic E-state index is 5.65. The Balaban J connectivity index is 2.18. The number of hydrogen-bond acceptors (Lipinski definition) is 3. The van der Waals surface area contributed by atoms with Crippen molar-refractivity contribution in [2.24, 2.45) is 10.8 Å². The molecule has 2 rings (SSSR count). The van der Waals surface area contributed by atoms with Crippen molar-refractivity contribution in [3.05, 3.63) is 46.1 Å². The van der Waals surface area contributed by atoms with Gasteiger partial charge in [0.15, 0.2) is 5.11 Å². The van der Waals surface area contributed by atoms with Gasteiger partial charge in [0.25, 0.3) is 0 Å². The summed E-state index contributed by atoms with van der Waals surface area (Å²) < 4.78 is 6.70. The molecule has 0 aliphatic carbocycles. The van der Waals surface area contributed by atoms with Gasteiger partial charge in [-0.1, -0.05) is 28.1 Å². The highest BCUT2D eigenvalue weighted by Gasteiger charge is 2.05. The fraction of sp³-hybridized carbons (Fsp3) is 0.0769. The lowest BCUT2D eigenvalue weighted by Crippen LogP contribution is -2.23. The summed E-state index contributed by atoms with van der Waals surface area (Å²) in [7, 11) is 0. The number of aryl methyl sites for hydroxylation is 1. The van der Waals surface area contributed by atoms with Crippen molar-refractivity contribution in [2.75, 3.05) is 0 Å². The van der Waals surface area contributed by atoms with Crippen molar-refractivity contribution >= 4 is 39.5 Å². The van der Waals surface area contributed by atoms with Crippen LogP contribution in [-0.2, 0) is 0 Å². The fourth-order valence-corrected chi connectivity index (χ4v) is 1.91. The van der Waals surface area contributed by atoms with E-state index in [2.05, 4.69) is 38.7 Å². The summed E-state index contributed by atoms with van der Waals surface area (Å²) in [5.41, 5.74) is 9.90. The number of hydrogen-bond donors (Lipinski definition) is 2. The van der Waals surface area contributed by atoms with Gasteiger partial charge in [-0.15, -0.1) is 0 Å². The SMILES string of the molecule is Cc1ccc(-c2ccc(/C=N\NC(N)=S)o2)cc1Br. The monoisotopic (exact) mass is 337 g/mol. The summed E-state index contributed by atoms with van der Waals surface area (Å²) in [5, 5.41) is 3.95. The van der Waals surface area contributed by atoms with Crippen molar-refractivity contribution in [3.8, 4) is 11.3 Å². The van der Waals surface area contributed by atoms with Crippen LogP contribution in [0.3, 0.4) is 0 Å². The largest absolute Gasteiger partial charge is 0.455 e. The maximum Gasteiger partial charge on any atom is 0.184 e. The molecule has 98 valence electrons. The number of benzene rings is 1. The van der Waals surface area contributed by atoms with Crippen LogP contribution in [0.4, 0.5) is 0 Å². The molecule has 0 aliphatic heterocycles. The molecule has 0 radical (unpaired) electrons. The van der Waals surface area contributed by atoms with E-state index in [0.717, 1.165) is 15.8 Å². The van der Waals surface area contributed by atoms with Crippen LogP contribution in [0, 0.1) is 6.92 Å². The third-order valence-electron chi connectivity index (χ3n) is 2.45. The second-order valence-corrected chi connectivity index (χ2v) is 5.19. The minimum absolute atomic E-state index is 0.116. The quantitative estimate of drug-likeness (QED) is 0.513. The molecule has 0 aliphatic rings. The predicted octanol–water partition coefficient (Wildman–Crippen LogP) is 3.18. The van der Waals surface area contributed by atoms with E-state index in [9.17, 15) is 0 Å². The summed E-state index contributed by atoms with van der Waals surface area (Å²) >= 11 is 8.14. The molecule has 2 aromatic rings. The zero-order valence-corrected chi connectivity index (χ0v) is 12.6. The van der Waals surface area contributed by atoms with Gasteiger partial charge in [-0.3, -0.25) is 5.43 Å². The van der Waals surface area contributed by atoms with Crippen LogP contribution in [0.25, 0.3) is 11.3 Å². The topological polar surface area (TPSA) is 63.5 Å². The molecule has 1 aromatic heterocycles. The van der Waals surface area contributed by atoms with Crippen molar-refractivity contribution in [1.29, 1.82) is 0 Å². The molecular formula is C13H12BrN3OS. The average molecular weight is 338 g/mol. The first kappa shape index (κ1) is 13.8. The fourth-order valence-electron chi connectivity index (χ4n) is 1.48. The normalized spacial score (nSPS) is 10.8. The van der Waals surface area contributed by atoms with Gasteiger partial charge in [-0.25, -0.2) is 0 Å². The Bertz CT molecular complexity index is 637. The van der Waals surface area contributed by atoms with Gasteiger partial charge >= 0.3 is 0 Å². The Morgan fingerprint density at radius 3 is 2.89 bits per heavy atom. The minimum atomic E-state index is 0.116. The van der Waals surface area contributed by atoms with E-state index in [-0.39, 0.29) is 5.11 Å². The molecule has 19 heavy (non-hydrogen) atoms. The van der Waals surface area contributed by atoms with E-state index in [4.69, 9.17) is 10.2 Å². The maximum atomic E-state index is 5.65. The second kappa shape index (κ2) is 5.99. The first-order chi connectivity index (χ1) is 9.06. The lowest BCUT2D eigenvalue weighted by Gasteiger charge is -2.01. The number of furan rings is 1. The minimum Gasteiger partial charge on any atom is -0.455 e. The summed E-state index contributed by atoms with van der Waals surface area (Å²) in [5.74, 6) is 1.40. The Morgan fingerprint density at radius 2 is 2.21 bits per heavy atom. The summed E-state index contributed by atoms with van der Waals surface area (Å²) in [6.07, 6.45) is 1.52. The molecule has 0 spiro atoms. The Kier molecular flexibility index (Phi) is 4.34. The van der Waals surface area contributed by atoms with Gasteiger partial charge in [-0.2, -0.15) is 5.10 Å². The molecule has 1 heterocycles. The molecule has 0 fully saturated rings. The number of thiocarbonyl (C=S) groups is 1. The number of rotatable bonds is 3. The second-order valence-electron chi connectivity index (χ2n) is 3.90. The molecule has 3 N–H and O–H groups in total. The Hall–Kier alpha value is -1.66. The standard InChI is InChI=1S/C13H12BrN3OS/c1-8-2-3-9(6-11(8)14)12-5-4-10(18-12)7-16-17-13(15)19/h2-7H,1H3,(H3,15,17,19)/b16-7-. The van der Waals surface area contributed by atoms with Crippen molar-refractivity contribution < 1.29 is 4.42 Å². The first-order valence-corrected chi connectivity index (χ1v) is 6.71. The number of nitrogens with one attached hydrogen (secondary N) is 1. The van der Waals surface area contributed by atoms with Crippen LogP contribution in [-0.4, -0.2) is 11.3 Å². The predicted molar refractivity (Wildman–Crippen MR) is 84.1 cm³/mol. The highest BCUT2D eigenvalue weighted by molar-refractivity contribution is 9.10. The highest BCUT2D eigenvalue weighted by atomic mass is 79.9. The molecule has 0 bridgehead atoms. The molecule has 0 saturated carbocycles. The number of nitrogens with two attached hydrogens (primary N) is 1. The van der Waals surface area contributed by atoms with Crippen molar-refractivity contribution in [2.45, 2.75) is 6.92 Å². The van der Waals surface area contributed by atoms with Gasteiger partial charge < -0.3 is 10.2 Å². The number of halogens is 1. The van der Waals surface area contributed by atoms with Crippen LogP contribution in [0.5, 0.6) is 0 Å². The molecule has 1 aromatic carbocycles. The lowest BCUT2D eigenvalue weighted by atomic mass is 10.1.